The van der Waals surface area contributed by atoms with Crippen molar-refractivity contribution in [2.24, 2.45) is 5.92 Å². The lowest BCUT2D eigenvalue weighted by atomic mass is 9.92. The fourth-order valence-electron chi connectivity index (χ4n) is 2.41. The molecule has 0 radical (unpaired) electrons. The molecule has 4 heteroatoms. The molecular weight excluding hydrogens is 226 g/mol. The smallest absolute Gasteiger partial charge is 0.124 e. The van der Waals surface area contributed by atoms with Crippen molar-refractivity contribution >= 4 is 0 Å². The molecule has 0 saturated carbocycles. The van der Waals surface area contributed by atoms with Crippen LogP contribution in [0, 0.1) is 5.92 Å². The summed E-state index contributed by atoms with van der Waals surface area (Å²) in [7, 11) is 0. The lowest BCUT2D eigenvalue weighted by Crippen LogP contribution is -2.33. The van der Waals surface area contributed by atoms with Crippen LogP contribution in [0.5, 0.6) is 5.75 Å². The number of hydrogen-bond acceptors (Lipinski definition) is 3. The van der Waals surface area contributed by atoms with Gasteiger partial charge in [-0.25, -0.2) is 4.98 Å². The molecule has 1 aliphatic rings. The Balaban J connectivity index is 1.78. The van der Waals surface area contributed by atoms with Crippen molar-refractivity contribution in [2.75, 3.05) is 6.61 Å². The van der Waals surface area contributed by atoms with Crippen LogP contribution in [-0.4, -0.2) is 16.6 Å². The lowest BCUT2D eigenvalue weighted by Gasteiger charge is -2.32. The molecule has 1 aromatic carbocycles. The highest BCUT2D eigenvalue weighted by molar-refractivity contribution is 5.37. The number of fused-ring (bicyclic) bond motifs is 1. The standard InChI is InChI=1S/C14H17N3O/c1-10-8-18-13-5-3-2-4-12(13)14(10)16-7-11-6-15-9-17-11/h2-6,9-10,14,16H,7-8H2,1H3,(H,15,17). The van der Waals surface area contributed by atoms with Gasteiger partial charge in [0.25, 0.3) is 0 Å². The van der Waals surface area contributed by atoms with Crippen LogP contribution in [0.1, 0.15) is 24.2 Å². The number of ether oxygens (including phenoxy) is 1. The molecule has 0 amide bonds. The van der Waals surface area contributed by atoms with Gasteiger partial charge in [-0.05, 0) is 6.07 Å². The van der Waals surface area contributed by atoms with E-state index >= 15 is 0 Å². The van der Waals surface area contributed by atoms with Crippen molar-refractivity contribution in [3.05, 3.63) is 48.0 Å². The molecule has 2 heterocycles. The molecule has 18 heavy (non-hydrogen) atoms. The molecule has 1 aliphatic heterocycles. The largest absolute Gasteiger partial charge is 0.493 e. The number of rotatable bonds is 3. The monoisotopic (exact) mass is 243 g/mol. The second kappa shape index (κ2) is 4.82. The summed E-state index contributed by atoms with van der Waals surface area (Å²) in [6.07, 6.45) is 3.56. The number of para-hydroxylation sites is 1. The van der Waals surface area contributed by atoms with Crippen molar-refractivity contribution in [3.63, 3.8) is 0 Å². The van der Waals surface area contributed by atoms with Crippen molar-refractivity contribution in [1.29, 1.82) is 0 Å². The number of nitrogens with zero attached hydrogens (tertiary/aromatic N) is 1. The first-order valence-electron chi connectivity index (χ1n) is 6.27. The van der Waals surface area contributed by atoms with Crippen LogP contribution in [0.3, 0.4) is 0 Å². The average Bonchev–Trinajstić information content (AvgIpc) is 2.91. The Morgan fingerprint density at radius 3 is 3.17 bits per heavy atom. The van der Waals surface area contributed by atoms with Gasteiger partial charge in [0.1, 0.15) is 5.75 Å². The zero-order valence-electron chi connectivity index (χ0n) is 10.4. The molecule has 4 nitrogen and oxygen atoms in total. The Hall–Kier alpha value is -1.81. The molecule has 0 saturated heterocycles. The van der Waals surface area contributed by atoms with E-state index in [2.05, 4.69) is 34.3 Å². The fraction of sp³-hybridized carbons (Fsp3) is 0.357. The first-order valence-corrected chi connectivity index (χ1v) is 6.27. The molecule has 2 N–H and O–H groups in total. The number of hydrogen-bond donors (Lipinski definition) is 2. The molecule has 0 aliphatic carbocycles. The predicted molar refractivity (Wildman–Crippen MR) is 69.3 cm³/mol. The zero-order valence-corrected chi connectivity index (χ0v) is 10.4. The molecule has 0 bridgehead atoms. The van der Waals surface area contributed by atoms with Crippen LogP contribution in [0.15, 0.2) is 36.8 Å². The van der Waals surface area contributed by atoms with Gasteiger partial charge < -0.3 is 15.0 Å². The van der Waals surface area contributed by atoms with E-state index in [1.54, 1.807) is 6.33 Å². The highest BCUT2D eigenvalue weighted by atomic mass is 16.5. The van der Waals surface area contributed by atoms with Gasteiger partial charge in [-0.1, -0.05) is 25.1 Å². The molecule has 1 aromatic heterocycles. The third kappa shape index (κ3) is 2.11. The number of aromatic amines is 1. The quantitative estimate of drug-likeness (QED) is 0.869. The number of imidazole rings is 1. The molecule has 2 unspecified atom stereocenters. The van der Waals surface area contributed by atoms with E-state index in [4.69, 9.17) is 4.74 Å². The first kappa shape index (κ1) is 11.3. The van der Waals surface area contributed by atoms with Gasteiger partial charge in [-0.3, -0.25) is 0 Å². The van der Waals surface area contributed by atoms with Crippen LogP contribution in [0.25, 0.3) is 0 Å². The molecule has 3 rings (SSSR count). The highest BCUT2D eigenvalue weighted by Gasteiger charge is 2.27. The minimum atomic E-state index is 0.332. The number of nitrogens with one attached hydrogen (secondary N) is 2. The third-order valence-electron chi connectivity index (χ3n) is 3.39. The fourth-order valence-corrected chi connectivity index (χ4v) is 2.41. The zero-order chi connectivity index (χ0) is 12.4. The SMILES string of the molecule is CC1COc2ccccc2C1NCc1cnc[nH]1. The minimum Gasteiger partial charge on any atom is -0.493 e. The van der Waals surface area contributed by atoms with E-state index in [0.717, 1.165) is 24.6 Å². The van der Waals surface area contributed by atoms with E-state index in [9.17, 15) is 0 Å². The molecule has 2 aromatic rings. The summed E-state index contributed by atoms with van der Waals surface area (Å²) < 4.78 is 5.74. The minimum absolute atomic E-state index is 0.332. The number of aromatic nitrogens is 2. The van der Waals surface area contributed by atoms with E-state index in [1.165, 1.54) is 5.56 Å². The van der Waals surface area contributed by atoms with Crippen molar-refractivity contribution in [1.82, 2.24) is 15.3 Å². The second-order valence-corrected chi connectivity index (χ2v) is 4.76. The van der Waals surface area contributed by atoms with Gasteiger partial charge in [0.2, 0.25) is 0 Å². The first-order chi connectivity index (χ1) is 8.84. The van der Waals surface area contributed by atoms with Gasteiger partial charge in [0.15, 0.2) is 0 Å². The Bertz CT molecular complexity index is 510. The normalized spacial score (nSPS) is 22.3. The average molecular weight is 243 g/mol. The maximum atomic E-state index is 5.74. The van der Waals surface area contributed by atoms with Gasteiger partial charge in [0.05, 0.1) is 12.9 Å². The van der Waals surface area contributed by atoms with Crippen molar-refractivity contribution in [3.8, 4) is 5.75 Å². The van der Waals surface area contributed by atoms with Gasteiger partial charge >= 0.3 is 0 Å². The molecule has 0 spiro atoms. The maximum absolute atomic E-state index is 5.74. The summed E-state index contributed by atoms with van der Waals surface area (Å²) in [6, 6.07) is 8.58. The molecule has 2 atom stereocenters. The Morgan fingerprint density at radius 1 is 1.44 bits per heavy atom. The Morgan fingerprint density at radius 2 is 2.33 bits per heavy atom. The maximum Gasteiger partial charge on any atom is 0.124 e. The Labute approximate surface area is 106 Å². The van der Waals surface area contributed by atoms with Crippen LogP contribution >= 0.6 is 0 Å². The summed E-state index contributed by atoms with van der Waals surface area (Å²) in [5.41, 5.74) is 2.35. The van der Waals surface area contributed by atoms with Gasteiger partial charge in [-0.15, -0.1) is 0 Å². The van der Waals surface area contributed by atoms with E-state index in [-0.39, 0.29) is 0 Å². The van der Waals surface area contributed by atoms with Crippen molar-refractivity contribution < 1.29 is 4.74 Å². The molecular formula is C14H17N3O. The van der Waals surface area contributed by atoms with E-state index in [0.29, 0.717) is 12.0 Å². The second-order valence-electron chi connectivity index (χ2n) is 4.76. The Kier molecular flexibility index (Phi) is 3.02. The lowest BCUT2D eigenvalue weighted by molar-refractivity contribution is 0.187. The summed E-state index contributed by atoms with van der Waals surface area (Å²) in [4.78, 5) is 7.14. The summed E-state index contributed by atoms with van der Waals surface area (Å²) in [5, 5.41) is 3.58. The van der Waals surface area contributed by atoms with E-state index < -0.39 is 0 Å². The van der Waals surface area contributed by atoms with Gasteiger partial charge in [-0.2, -0.15) is 0 Å². The third-order valence-corrected chi connectivity index (χ3v) is 3.39. The number of H-pyrrole nitrogens is 1. The topological polar surface area (TPSA) is 49.9 Å². The summed E-state index contributed by atoms with van der Waals surface area (Å²) in [6.45, 7) is 3.77. The highest BCUT2D eigenvalue weighted by Crippen LogP contribution is 2.34. The predicted octanol–water partition coefficient (Wildman–Crippen LogP) is 2.27. The van der Waals surface area contributed by atoms with Crippen LogP contribution in [0.2, 0.25) is 0 Å². The number of benzene rings is 1. The van der Waals surface area contributed by atoms with Crippen LogP contribution in [-0.2, 0) is 6.54 Å². The summed E-state index contributed by atoms with van der Waals surface area (Å²) >= 11 is 0. The van der Waals surface area contributed by atoms with Crippen molar-refractivity contribution in [2.45, 2.75) is 19.5 Å². The van der Waals surface area contributed by atoms with Crippen LogP contribution < -0.4 is 10.1 Å². The van der Waals surface area contributed by atoms with E-state index in [1.807, 2.05) is 18.3 Å². The van der Waals surface area contributed by atoms with Crippen LogP contribution in [0.4, 0.5) is 0 Å². The van der Waals surface area contributed by atoms with Gasteiger partial charge in [0, 0.05) is 36.0 Å². The summed E-state index contributed by atoms with van der Waals surface area (Å²) in [5.74, 6) is 1.46. The molecule has 0 fully saturated rings. The molecule has 94 valence electrons.